The van der Waals surface area contributed by atoms with E-state index in [0.29, 0.717) is 5.56 Å². The SMILES string of the molecule is CS(=O)(=O)c1ccc(C(O)c2cccc3ccccc23)cc1. The molecule has 0 saturated heterocycles. The highest BCUT2D eigenvalue weighted by atomic mass is 32.2. The van der Waals surface area contributed by atoms with Crippen LogP contribution in [0, 0.1) is 0 Å². The zero-order valence-electron chi connectivity index (χ0n) is 12.1. The third kappa shape index (κ3) is 2.75. The van der Waals surface area contributed by atoms with Crippen LogP contribution in [0.2, 0.25) is 0 Å². The van der Waals surface area contributed by atoms with Crippen molar-refractivity contribution >= 4 is 20.6 Å². The van der Waals surface area contributed by atoms with E-state index in [2.05, 4.69) is 0 Å². The van der Waals surface area contributed by atoms with E-state index in [0.717, 1.165) is 16.3 Å². The third-order valence-electron chi connectivity index (χ3n) is 3.74. The molecule has 22 heavy (non-hydrogen) atoms. The van der Waals surface area contributed by atoms with E-state index < -0.39 is 15.9 Å². The summed E-state index contributed by atoms with van der Waals surface area (Å²) in [6, 6.07) is 20.0. The van der Waals surface area contributed by atoms with Crippen molar-refractivity contribution in [1.82, 2.24) is 0 Å². The zero-order chi connectivity index (χ0) is 15.7. The number of fused-ring (bicyclic) bond motifs is 1. The summed E-state index contributed by atoms with van der Waals surface area (Å²) < 4.78 is 23.0. The van der Waals surface area contributed by atoms with E-state index in [1.807, 2.05) is 42.5 Å². The molecule has 0 aliphatic carbocycles. The van der Waals surface area contributed by atoms with Crippen LogP contribution in [0.4, 0.5) is 0 Å². The van der Waals surface area contributed by atoms with Crippen LogP contribution in [0.3, 0.4) is 0 Å². The van der Waals surface area contributed by atoms with E-state index in [9.17, 15) is 13.5 Å². The van der Waals surface area contributed by atoms with Gasteiger partial charge in [-0.05, 0) is 34.0 Å². The quantitative estimate of drug-likeness (QED) is 0.807. The Balaban J connectivity index is 2.04. The van der Waals surface area contributed by atoms with Crippen LogP contribution in [0.15, 0.2) is 71.6 Å². The minimum atomic E-state index is -3.23. The average molecular weight is 312 g/mol. The molecule has 0 heterocycles. The molecule has 1 N–H and O–H groups in total. The molecule has 0 radical (unpaired) electrons. The molecule has 0 aromatic heterocycles. The molecule has 0 aliphatic rings. The van der Waals surface area contributed by atoms with Gasteiger partial charge in [-0.1, -0.05) is 54.6 Å². The number of aliphatic hydroxyl groups is 1. The lowest BCUT2D eigenvalue weighted by Crippen LogP contribution is -2.02. The normalized spacial score (nSPS) is 13.2. The first-order chi connectivity index (χ1) is 10.5. The minimum absolute atomic E-state index is 0.251. The first-order valence-corrected chi connectivity index (χ1v) is 8.82. The van der Waals surface area contributed by atoms with Gasteiger partial charge in [0.15, 0.2) is 9.84 Å². The summed E-state index contributed by atoms with van der Waals surface area (Å²) >= 11 is 0. The fourth-order valence-electron chi connectivity index (χ4n) is 2.57. The van der Waals surface area contributed by atoms with Crippen LogP contribution in [0.1, 0.15) is 17.2 Å². The lowest BCUT2D eigenvalue weighted by molar-refractivity contribution is 0.222. The van der Waals surface area contributed by atoms with Crippen LogP contribution in [0.25, 0.3) is 10.8 Å². The molecule has 0 amide bonds. The fraction of sp³-hybridized carbons (Fsp3) is 0.111. The molecule has 1 unspecified atom stereocenters. The van der Waals surface area contributed by atoms with Crippen molar-refractivity contribution in [2.75, 3.05) is 6.26 Å². The average Bonchev–Trinajstić information content (AvgIpc) is 2.53. The van der Waals surface area contributed by atoms with Gasteiger partial charge in [0.05, 0.1) is 4.90 Å². The number of rotatable bonds is 3. The predicted molar refractivity (Wildman–Crippen MR) is 87.6 cm³/mol. The van der Waals surface area contributed by atoms with Gasteiger partial charge in [0.2, 0.25) is 0 Å². The molecule has 0 fully saturated rings. The number of hydrogen-bond acceptors (Lipinski definition) is 3. The summed E-state index contributed by atoms with van der Waals surface area (Å²) in [5.41, 5.74) is 1.48. The highest BCUT2D eigenvalue weighted by Gasteiger charge is 2.14. The fourth-order valence-corrected chi connectivity index (χ4v) is 3.20. The van der Waals surface area contributed by atoms with Crippen LogP contribution < -0.4 is 0 Å². The van der Waals surface area contributed by atoms with Crippen molar-refractivity contribution < 1.29 is 13.5 Å². The second-order valence-electron chi connectivity index (χ2n) is 5.31. The Morgan fingerprint density at radius 1 is 0.864 bits per heavy atom. The van der Waals surface area contributed by atoms with Gasteiger partial charge in [-0.2, -0.15) is 0 Å². The number of aliphatic hydroxyl groups excluding tert-OH is 1. The largest absolute Gasteiger partial charge is 0.384 e. The Hall–Kier alpha value is -2.17. The summed E-state index contributed by atoms with van der Waals surface area (Å²) in [7, 11) is -3.23. The summed E-state index contributed by atoms with van der Waals surface area (Å²) in [5.74, 6) is 0. The summed E-state index contributed by atoms with van der Waals surface area (Å²) in [6.07, 6.45) is 0.378. The molecule has 0 saturated carbocycles. The first-order valence-electron chi connectivity index (χ1n) is 6.92. The molecular weight excluding hydrogens is 296 g/mol. The van der Waals surface area contributed by atoms with E-state index >= 15 is 0 Å². The van der Waals surface area contributed by atoms with Crippen molar-refractivity contribution in [2.45, 2.75) is 11.0 Å². The van der Waals surface area contributed by atoms with Crippen LogP contribution in [-0.4, -0.2) is 19.8 Å². The summed E-state index contributed by atoms with van der Waals surface area (Å²) in [4.78, 5) is 0.251. The summed E-state index contributed by atoms with van der Waals surface area (Å²) in [6.45, 7) is 0. The molecule has 1 atom stereocenters. The van der Waals surface area contributed by atoms with Gasteiger partial charge in [0.25, 0.3) is 0 Å². The second-order valence-corrected chi connectivity index (χ2v) is 7.33. The van der Waals surface area contributed by atoms with Crippen molar-refractivity contribution in [3.63, 3.8) is 0 Å². The molecule has 4 heteroatoms. The lowest BCUT2D eigenvalue weighted by atomic mass is 9.96. The Bertz CT molecular complexity index is 907. The molecule has 0 bridgehead atoms. The van der Waals surface area contributed by atoms with Gasteiger partial charge >= 0.3 is 0 Å². The first kappa shape index (κ1) is 14.8. The topological polar surface area (TPSA) is 54.4 Å². The Morgan fingerprint density at radius 3 is 2.18 bits per heavy atom. The van der Waals surface area contributed by atoms with Gasteiger partial charge in [-0.25, -0.2) is 8.42 Å². The standard InChI is InChI=1S/C18H16O3S/c1-22(20,21)15-11-9-14(10-12-15)18(19)17-8-4-6-13-5-2-3-7-16(13)17/h2-12,18-19H,1H3. The zero-order valence-corrected chi connectivity index (χ0v) is 12.9. The van der Waals surface area contributed by atoms with Crippen LogP contribution in [-0.2, 0) is 9.84 Å². The maximum absolute atomic E-state index is 11.5. The molecule has 3 aromatic carbocycles. The number of hydrogen-bond donors (Lipinski definition) is 1. The molecule has 0 aliphatic heterocycles. The smallest absolute Gasteiger partial charge is 0.175 e. The van der Waals surface area contributed by atoms with Crippen molar-refractivity contribution in [2.24, 2.45) is 0 Å². The van der Waals surface area contributed by atoms with E-state index in [4.69, 9.17) is 0 Å². The third-order valence-corrected chi connectivity index (χ3v) is 4.87. The summed E-state index contributed by atoms with van der Waals surface area (Å²) in [5, 5.41) is 12.7. The maximum atomic E-state index is 11.5. The molecule has 3 rings (SSSR count). The number of benzene rings is 3. The van der Waals surface area contributed by atoms with E-state index in [1.165, 1.54) is 18.4 Å². The van der Waals surface area contributed by atoms with E-state index in [1.54, 1.807) is 12.1 Å². The van der Waals surface area contributed by atoms with Crippen LogP contribution >= 0.6 is 0 Å². The van der Waals surface area contributed by atoms with Crippen LogP contribution in [0.5, 0.6) is 0 Å². The van der Waals surface area contributed by atoms with Crippen molar-refractivity contribution in [1.29, 1.82) is 0 Å². The highest BCUT2D eigenvalue weighted by molar-refractivity contribution is 7.90. The maximum Gasteiger partial charge on any atom is 0.175 e. The monoisotopic (exact) mass is 312 g/mol. The molecule has 0 spiro atoms. The second kappa shape index (κ2) is 5.55. The van der Waals surface area contributed by atoms with Gasteiger partial charge in [-0.15, -0.1) is 0 Å². The minimum Gasteiger partial charge on any atom is -0.384 e. The van der Waals surface area contributed by atoms with Gasteiger partial charge in [0.1, 0.15) is 6.10 Å². The van der Waals surface area contributed by atoms with Crippen molar-refractivity contribution in [3.8, 4) is 0 Å². The Morgan fingerprint density at radius 2 is 1.50 bits per heavy atom. The Labute approximate surface area is 129 Å². The van der Waals surface area contributed by atoms with Crippen molar-refractivity contribution in [3.05, 3.63) is 77.9 Å². The molecular formula is C18H16O3S. The van der Waals surface area contributed by atoms with Gasteiger partial charge < -0.3 is 5.11 Å². The lowest BCUT2D eigenvalue weighted by Gasteiger charge is -2.14. The molecule has 3 nitrogen and oxygen atoms in total. The molecule has 3 aromatic rings. The highest BCUT2D eigenvalue weighted by Crippen LogP contribution is 2.29. The van der Waals surface area contributed by atoms with Gasteiger partial charge in [-0.3, -0.25) is 0 Å². The number of sulfone groups is 1. The van der Waals surface area contributed by atoms with Gasteiger partial charge in [0, 0.05) is 6.26 Å². The molecule has 112 valence electrons. The van der Waals surface area contributed by atoms with E-state index in [-0.39, 0.29) is 4.90 Å². The predicted octanol–water partition coefficient (Wildman–Crippen LogP) is 3.33. The Kier molecular flexibility index (Phi) is 3.72.